The fourth-order valence-electron chi connectivity index (χ4n) is 3.88. The molecule has 32 heavy (non-hydrogen) atoms. The number of fused-ring (bicyclic) bond motifs is 1. The number of anilines is 1. The molecule has 164 valence electrons. The average molecular weight is 432 g/mol. The van der Waals surface area contributed by atoms with E-state index in [0.717, 1.165) is 11.1 Å². The summed E-state index contributed by atoms with van der Waals surface area (Å²) in [5, 5.41) is 5.71. The SMILES string of the molecule is Cc1c(F)cc(C(=O)NC(C)c2ccccc2)cc1NC(=O)C1CCOc2ccccc21. The number of para-hydroxylation sites is 1. The van der Waals surface area contributed by atoms with Crippen LogP contribution in [0.5, 0.6) is 5.75 Å². The topological polar surface area (TPSA) is 67.4 Å². The number of carbonyl (C=O) groups is 2. The van der Waals surface area contributed by atoms with Crippen molar-refractivity contribution in [2.24, 2.45) is 0 Å². The predicted molar refractivity (Wildman–Crippen MR) is 121 cm³/mol. The molecule has 6 heteroatoms. The lowest BCUT2D eigenvalue weighted by Gasteiger charge is -2.25. The molecule has 2 atom stereocenters. The fourth-order valence-corrected chi connectivity index (χ4v) is 3.88. The second-order valence-corrected chi connectivity index (χ2v) is 7.95. The second kappa shape index (κ2) is 9.22. The van der Waals surface area contributed by atoms with E-state index in [0.29, 0.717) is 18.8 Å². The molecule has 0 aliphatic carbocycles. The molecule has 0 radical (unpaired) electrons. The molecule has 2 amide bonds. The van der Waals surface area contributed by atoms with Crippen molar-refractivity contribution in [1.29, 1.82) is 0 Å². The zero-order valence-corrected chi connectivity index (χ0v) is 18.0. The molecule has 4 rings (SSSR count). The van der Waals surface area contributed by atoms with E-state index in [1.54, 1.807) is 6.92 Å². The van der Waals surface area contributed by atoms with E-state index in [1.807, 2.05) is 61.5 Å². The Morgan fingerprint density at radius 2 is 1.78 bits per heavy atom. The van der Waals surface area contributed by atoms with Gasteiger partial charge in [-0.05, 0) is 44.0 Å². The molecule has 5 nitrogen and oxygen atoms in total. The van der Waals surface area contributed by atoms with Crippen molar-refractivity contribution in [1.82, 2.24) is 5.32 Å². The van der Waals surface area contributed by atoms with Gasteiger partial charge in [-0.25, -0.2) is 4.39 Å². The van der Waals surface area contributed by atoms with Crippen molar-refractivity contribution in [3.05, 3.63) is 94.8 Å². The van der Waals surface area contributed by atoms with Gasteiger partial charge >= 0.3 is 0 Å². The van der Waals surface area contributed by atoms with E-state index in [9.17, 15) is 14.0 Å². The van der Waals surface area contributed by atoms with Gasteiger partial charge in [0.05, 0.1) is 18.6 Å². The van der Waals surface area contributed by atoms with Gasteiger partial charge in [-0.3, -0.25) is 9.59 Å². The maximum absolute atomic E-state index is 14.6. The van der Waals surface area contributed by atoms with Crippen molar-refractivity contribution in [2.75, 3.05) is 11.9 Å². The molecule has 2 N–H and O–H groups in total. The number of hydrogen-bond acceptors (Lipinski definition) is 3. The number of benzene rings is 3. The Labute approximate surface area is 186 Å². The largest absolute Gasteiger partial charge is 0.493 e. The van der Waals surface area contributed by atoms with Crippen LogP contribution in [0.4, 0.5) is 10.1 Å². The van der Waals surface area contributed by atoms with Crippen molar-refractivity contribution < 1.29 is 18.7 Å². The van der Waals surface area contributed by atoms with Gasteiger partial charge in [0.15, 0.2) is 0 Å². The van der Waals surface area contributed by atoms with E-state index in [4.69, 9.17) is 4.74 Å². The third kappa shape index (κ3) is 4.49. The van der Waals surface area contributed by atoms with Gasteiger partial charge in [0.25, 0.3) is 5.91 Å². The Balaban J connectivity index is 1.54. The molecule has 1 aliphatic heterocycles. The Morgan fingerprint density at radius 1 is 1.06 bits per heavy atom. The van der Waals surface area contributed by atoms with E-state index in [-0.39, 0.29) is 28.8 Å². The zero-order chi connectivity index (χ0) is 22.7. The first-order valence-electron chi connectivity index (χ1n) is 10.6. The highest BCUT2D eigenvalue weighted by atomic mass is 19.1. The van der Waals surface area contributed by atoms with Gasteiger partial charge in [-0.2, -0.15) is 0 Å². The number of nitrogens with one attached hydrogen (secondary N) is 2. The fraction of sp³-hybridized carbons (Fsp3) is 0.231. The van der Waals surface area contributed by atoms with Gasteiger partial charge in [0.1, 0.15) is 11.6 Å². The normalized spacial score (nSPS) is 15.8. The molecule has 3 aromatic rings. The summed E-state index contributed by atoms with van der Waals surface area (Å²) in [6, 6.07) is 19.4. The third-order valence-electron chi connectivity index (χ3n) is 5.79. The van der Waals surface area contributed by atoms with Crippen molar-refractivity contribution in [2.45, 2.75) is 32.2 Å². The van der Waals surface area contributed by atoms with Crippen molar-refractivity contribution in [3.63, 3.8) is 0 Å². The summed E-state index contributed by atoms with van der Waals surface area (Å²) in [4.78, 5) is 25.8. The summed E-state index contributed by atoms with van der Waals surface area (Å²) < 4.78 is 20.3. The summed E-state index contributed by atoms with van der Waals surface area (Å²) in [5.74, 6) is -0.929. The van der Waals surface area contributed by atoms with E-state index >= 15 is 0 Å². The number of halogens is 1. The van der Waals surface area contributed by atoms with Crippen LogP contribution in [0, 0.1) is 12.7 Å². The van der Waals surface area contributed by atoms with E-state index < -0.39 is 17.6 Å². The quantitative estimate of drug-likeness (QED) is 0.587. The molecule has 1 aliphatic rings. The van der Waals surface area contributed by atoms with Crippen LogP contribution in [-0.2, 0) is 4.79 Å². The van der Waals surface area contributed by atoms with Gasteiger partial charge in [-0.15, -0.1) is 0 Å². The summed E-state index contributed by atoms with van der Waals surface area (Å²) in [6.45, 7) is 3.88. The minimum Gasteiger partial charge on any atom is -0.493 e. The molecular formula is C26H25FN2O3. The zero-order valence-electron chi connectivity index (χ0n) is 18.0. The highest BCUT2D eigenvalue weighted by Gasteiger charge is 2.28. The lowest BCUT2D eigenvalue weighted by Crippen LogP contribution is -2.28. The lowest BCUT2D eigenvalue weighted by molar-refractivity contribution is -0.118. The van der Waals surface area contributed by atoms with Crippen LogP contribution in [0.25, 0.3) is 0 Å². The molecule has 2 unspecified atom stereocenters. The van der Waals surface area contributed by atoms with Crippen molar-refractivity contribution in [3.8, 4) is 5.75 Å². The smallest absolute Gasteiger partial charge is 0.251 e. The van der Waals surface area contributed by atoms with Crippen LogP contribution in [0.2, 0.25) is 0 Å². The Morgan fingerprint density at radius 3 is 2.56 bits per heavy atom. The monoisotopic (exact) mass is 432 g/mol. The molecule has 0 bridgehead atoms. The molecule has 1 heterocycles. The van der Waals surface area contributed by atoms with Crippen LogP contribution >= 0.6 is 0 Å². The molecule has 0 aromatic heterocycles. The number of carbonyl (C=O) groups excluding carboxylic acids is 2. The first-order valence-corrected chi connectivity index (χ1v) is 10.6. The Hall–Kier alpha value is -3.67. The summed E-state index contributed by atoms with van der Waals surface area (Å²) in [5.41, 5.74) is 2.47. The maximum atomic E-state index is 14.6. The second-order valence-electron chi connectivity index (χ2n) is 7.95. The summed E-state index contributed by atoms with van der Waals surface area (Å²) >= 11 is 0. The van der Waals surface area contributed by atoms with Crippen LogP contribution in [0.15, 0.2) is 66.7 Å². The molecule has 0 saturated carbocycles. The lowest BCUT2D eigenvalue weighted by atomic mass is 9.92. The Bertz CT molecular complexity index is 1150. The first kappa shape index (κ1) is 21.6. The minimum absolute atomic E-state index is 0.151. The molecular weight excluding hydrogens is 407 g/mol. The number of amides is 2. The molecule has 0 spiro atoms. The minimum atomic E-state index is -0.548. The predicted octanol–water partition coefficient (Wildman–Crippen LogP) is 5.13. The van der Waals surface area contributed by atoms with Crippen LogP contribution < -0.4 is 15.4 Å². The molecule has 0 fully saturated rings. The number of rotatable bonds is 5. The van der Waals surface area contributed by atoms with Crippen LogP contribution in [-0.4, -0.2) is 18.4 Å². The number of hydrogen-bond donors (Lipinski definition) is 2. The van der Waals surface area contributed by atoms with Crippen LogP contribution in [0.1, 0.15) is 52.4 Å². The third-order valence-corrected chi connectivity index (χ3v) is 5.79. The molecule has 0 saturated heterocycles. The standard InChI is InChI=1S/C26H25FN2O3/c1-16-22(27)14-19(25(30)28-17(2)18-8-4-3-5-9-18)15-23(16)29-26(31)21-12-13-32-24-11-7-6-10-20(21)24/h3-11,14-15,17,21H,12-13H2,1-2H3,(H,28,30)(H,29,31). The summed E-state index contributed by atoms with van der Waals surface area (Å²) in [6.07, 6.45) is 0.527. The average Bonchev–Trinajstić information content (AvgIpc) is 2.81. The van der Waals surface area contributed by atoms with Gasteiger partial charge in [0, 0.05) is 22.4 Å². The molecule has 3 aromatic carbocycles. The van der Waals surface area contributed by atoms with Gasteiger partial charge in [-0.1, -0.05) is 48.5 Å². The van der Waals surface area contributed by atoms with Gasteiger partial charge < -0.3 is 15.4 Å². The Kier molecular flexibility index (Phi) is 6.21. The van der Waals surface area contributed by atoms with Crippen LogP contribution in [0.3, 0.4) is 0 Å². The first-order chi connectivity index (χ1) is 15.4. The number of ether oxygens (including phenoxy) is 1. The van der Waals surface area contributed by atoms with E-state index in [1.165, 1.54) is 12.1 Å². The maximum Gasteiger partial charge on any atom is 0.251 e. The van der Waals surface area contributed by atoms with Crippen molar-refractivity contribution >= 4 is 17.5 Å². The summed E-state index contributed by atoms with van der Waals surface area (Å²) in [7, 11) is 0. The highest BCUT2D eigenvalue weighted by molar-refractivity contribution is 6.00. The highest BCUT2D eigenvalue weighted by Crippen LogP contribution is 2.34. The van der Waals surface area contributed by atoms with Gasteiger partial charge in [0.2, 0.25) is 5.91 Å². The van der Waals surface area contributed by atoms with E-state index in [2.05, 4.69) is 10.6 Å².